The normalized spacial score (nSPS) is 10.7. The number of nitrogens with one attached hydrogen (secondary N) is 1. The van der Waals surface area contributed by atoms with Crippen molar-refractivity contribution in [1.82, 2.24) is 19.7 Å². The second-order valence-electron chi connectivity index (χ2n) is 32.2. The van der Waals surface area contributed by atoms with Crippen LogP contribution in [0, 0.1) is 49.9 Å². The highest BCUT2D eigenvalue weighted by atomic mass is 35.5. The van der Waals surface area contributed by atoms with E-state index in [4.69, 9.17) is 52.1 Å². The van der Waals surface area contributed by atoms with Crippen molar-refractivity contribution in [3.8, 4) is 28.7 Å². The first kappa shape index (κ1) is 110. The van der Waals surface area contributed by atoms with Gasteiger partial charge in [-0.25, -0.2) is 22.0 Å². The van der Waals surface area contributed by atoms with Crippen LogP contribution in [0.4, 0.5) is 35.1 Å². The SMILES string of the molecule is CC(C)c1cc(Cl)cc(Cl)c1O.CC(C)c1cc(F)ccc1O.CC(C)c1cc(OC(F)(F)F)ccc1O.CC(C)c1ccc(F)c(C(N)=O)c1.CC(C)c1ccc(F)c(F)c1.CC(C)c1cccc(Cl)c1O.CC(C)c1ccccc1.CC(C)c1ccncc1.CC(C)c1nn(C)cc1Cl.Cc1cc(C)c(C(C)C)[nH]1.Cc1ccc(C(C)C)cc1F. The summed E-state index contributed by atoms with van der Waals surface area (Å²) in [5.74, 6) is 0.785. The number of aryl methyl sites for hydroxylation is 4. The minimum atomic E-state index is -4.70. The van der Waals surface area contributed by atoms with Crippen molar-refractivity contribution < 1.29 is 65.1 Å². The summed E-state index contributed by atoms with van der Waals surface area (Å²) in [7, 11) is 1.87. The minimum Gasteiger partial charge on any atom is -0.508 e. The average molecular weight is 1780 g/mol. The maximum Gasteiger partial charge on any atom is 0.573 e. The fourth-order valence-corrected chi connectivity index (χ4v) is 12.0. The smallest absolute Gasteiger partial charge is 0.508 e. The van der Waals surface area contributed by atoms with Crippen LogP contribution in [0.2, 0.25) is 20.1 Å². The number of nitrogens with two attached hydrogens (primary N) is 1. The first-order valence-corrected chi connectivity index (χ1v) is 42.0. The lowest BCUT2D eigenvalue weighted by Gasteiger charge is -2.12. The standard InChI is InChI=1S/C10H11F3O2.C10H12FNO.C10H13F.C9H10Cl2O.C9H11ClO.C9H10F2.C9H11FO.C9H15N.C9H12.C8H11N.C7H11ClN2/c1-6(2)8-5-7(3-4-9(8)14)15-10(11,12)13;1-6(2)7-3-4-9(11)8(5-7)10(12)13;1-7(2)9-5-4-8(3)10(11)6-9;1-5(2)7-3-6(10)4-8(11)9(7)12;1-6(2)7-4-3-5-8(10)9(7)11;1-6(2)7-3-4-8(10)9(11)5-7;1-6(2)8-5-7(10)3-4-9(8)11;1-6(2)9-7(3)5-8(4)10-9;1-8(2)9-6-4-3-5-7-9;1-7(2)8-3-5-9-6-4-8;1-5(2)7-6(8)4-10(3)9-7/h3-6,14H,1-2H3;3-6H,1-2H3,(H2,12,13);4-7H,1-3H3;3-5,12H,1-2H3;3-6,11H,1-2H3;3-6H,1-2H3;3-6,11H,1-2H3;5-6,10H,1-4H3;3-8H,1-2H3;3-7H,1-2H3;4-5H,1-3H3. The fourth-order valence-electron chi connectivity index (χ4n) is 10.9. The lowest BCUT2D eigenvalue weighted by atomic mass is 10.0. The van der Waals surface area contributed by atoms with Crippen LogP contribution in [0.15, 0.2) is 188 Å². The third kappa shape index (κ3) is 41.6. The van der Waals surface area contributed by atoms with E-state index in [9.17, 15) is 60.3 Å². The summed E-state index contributed by atoms with van der Waals surface area (Å²) in [6.45, 7) is 50.6. The van der Waals surface area contributed by atoms with Crippen molar-refractivity contribution in [3.05, 3.63) is 321 Å². The van der Waals surface area contributed by atoms with Crippen LogP contribution in [0.5, 0.6) is 28.7 Å². The van der Waals surface area contributed by atoms with Gasteiger partial charge in [-0.15, -0.1) is 13.2 Å². The molecule has 0 fully saturated rings. The Labute approximate surface area is 740 Å². The molecule has 3 heterocycles. The minimum absolute atomic E-state index is 0.0282. The van der Waals surface area contributed by atoms with E-state index in [1.807, 2.05) is 137 Å². The molecule has 0 unspecified atom stereocenters. The number of carbonyl (C=O) groups is 1. The number of rotatable bonds is 13. The number of alkyl halides is 3. The molecule has 122 heavy (non-hydrogen) atoms. The molecule has 7 N–H and O–H groups in total. The van der Waals surface area contributed by atoms with Gasteiger partial charge in [0.2, 0.25) is 0 Å². The zero-order chi connectivity index (χ0) is 93.5. The van der Waals surface area contributed by atoms with Crippen LogP contribution in [0.1, 0.15) is 306 Å². The molecule has 0 saturated carbocycles. The molecule has 11 rings (SSSR count). The molecule has 0 aliphatic rings. The second kappa shape index (κ2) is 54.9. The van der Waals surface area contributed by atoms with E-state index in [2.05, 4.69) is 133 Å². The van der Waals surface area contributed by atoms with E-state index in [0.717, 1.165) is 56.2 Å². The summed E-state index contributed by atoms with van der Waals surface area (Å²) in [6.07, 6.45) is 0.771. The maximum atomic E-state index is 13.0. The molecule has 23 heteroatoms. The topological polar surface area (TPSA) is 180 Å². The Bertz CT molecular complexity index is 4740. The van der Waals surface area contributed by atoms with Crippen molar-refractivity contribution in [1.29, 1.82) is 0 Å². The molecule has 1 amide bonds. The summed E-state index contributed by atoms with van der Waals surface area (Å²) in [5.41, 5.74) is 19.0. The van der Waals surface area contributed by atoms with Crippen molar-refractivity contribution in [3.63, 3.8) is 0 Å². The number of carbonyl (C=O) groups excluding carboxylic acids is 1. The fraction of sp³-hybridized carbons (Fsp3) is 0.384. The molecular formula is C99H127Cl4F8N5O6. The monoisotopic (exact) mass is 1770 g/mol. The van der Waals surface area contributed by atoms with Gasteiger partial charge in [0.1, 0.15) is 46.2 Å². The number of nitrogens with zero attached hydrogens (tertiary/aromatic N) is 3. The highest BCUT2D eigenvalue weighted by Gasteiger charge is 2.31. The van der Waals surface area contributed by atoms with E-state index in [1.54, 1.807) is 55.8 Å². The molecule has 0 bridgehead atoms. The van der Waals surface area contributed by atoms with Gasteiger partial charge in [-0.2, -0.15) is 5.10 Å². The first-order valence-electron chi connectivity index (χ1n) is 40.4. The number of aromatic amines is 1. The zero-order valence-corrected chi connectivity index (χ0v) is 78.3. The molecule has 0 aliphatic carbocycles. The number of benzene rings is 8. The molecule has 3 aromatic heterocycles. The molecular weight excluding hydrogens is 1650 g/mol. The molecule has 0 saturated heterocycles. The quantitative estimate of drug-likeness (QED) is 0.0617. The van der Waals surface area contributed by atoms with Crippen LogP contribution in [0.3, 0.4) is 0 Å². The highest BCUT2D eigenvalue weighted by molar-refractivity contribution is 6.35. The number of ether oxygens (including phenoxy) is 1. The van der Waals surface area contributed by atoms with Gasteiger partial charge in [0.15, 0.2) is 11.6 Å². The Balaban J connectivity index is 0.000000673. The average Bonchev–Trinajstić information content (AvgIpc) is 0.941. The molecule has 0 radical (unpaired) electrons. The summed E-state index contributed by atoms with van der Waals surface area (Å²) in [4.78, 5) is 18.1. The van der Waals surface area contributed by atoms with Crippen molar-refractivity contribution in [2.24, 2.45) is 12.8 Å². The van der Waals surface area contributed by atoms with Crippen LogP contribution in [-0.4, -0.2) is 52.4 Å². The van der Waals surface area contributed by atoms with E-state index in [-0.39, 0.29) is 75.5 Å². The van der Waals surface area contributed by atoms with Gasteiger partial charge in [0.25, 0.3) is 5.91 Å². The van der Waals surface area contributed by atoms with Gasteiger partial charge in [0, 0.05) is 47.6 Å². The van der Waals surface area contributed by atoms with Crippen LogP contribution in [-0.2, 0) is 7.05 Å². The van der Waals surface area contributed by atoms with Crippen molar-refractivity contribution in [2.45, 2.75) is 245 Å². The number of halogens is 12. The van der Waals surface area contributed by atoms with Crippen LogP contribution in [0.25, 0.3) is 0 Å². The van der Waals surface area contributed by atoms with Gasteiger partial charge in [-0.05, 0) is 245 Å². The van der Waals surface area contributed by atoms with Crippen LogP contribution >= 0.6 is 46.4 Å². The largest absolute Gasteiger partial charge is 0.573 e. The van der Waals surface area contributed by atoms with E-state index in [0.29, 0.717) is 61.7 Å². The highest BCUT2D eigenvalue weighted by Crippen LogP contribution is 2.37. The number of para-hydroxylation sites is 1. The molecule has 668 valence electrons. The number of pyridine rings is 1. The van der Waals surface area contributed by atoms with Gasteiger partial charge >= 0.3 is 6.36 Å². The predicted octanol–water partition coefficient (Wildman–Crippen LogP) is 31.4. The van der Waals surface area contributed by atoms with E-state index in [1.165, 1.54) is 82.7 Å². The van der Waals surface area contributed by atoms with Crippen molar-refractivity contribution in [2.75, 3.05) is 0 Å². The Morgan fingerprint density at radius 3 is 1.25 bits per heavy atom. The Hall–Kier alpha value is -9.53. The third-order valence-electron chi connectivity index (χ3n) is 18.1. The summed E-state index contributed by atoms with van der Waals surface area (Å²) >= 11 is 23.1. The number of phenolic OH excluding ortho intramolecular Hbond substituents is 4. The number of hydrogen-bond acceptors (Lipinski definition) is 8. The summed E-state index contributed by atoms with van der Waals surface area (Å²) in [5, 5.41) is 43.8. The first-order chi connectivity index (χ1) is 56.6. The molecule has 11 nitrogen and oxygen atoms in total. The third-order valence-corrected chi connectivity index (χ3v) is 19.2. The number of amides is 1. The van der Waals surface area contributed by atoms with Crippen LogP contribution < -0.4 is 10.5 Å². The maximum absolute atomic E-state index is 13.0. The van der Waals surface area contributed by atoms with E-state index >= 15 is 0 Å². The van der Waals surface area contributed by atoms with Gasteiger partial charge < -0.3 is 35.9 Å². The number of aromatic hydroxyl groups is 4. The number of hydrogen-bond donors (Lipinski definition) is 6. The lowest BCUT2D eigenvalue weighted by Crippen LogP contribution is -2.17. The van der Waals surface area contributed by atoms with E-state index < -0.39 is 29.7 Å². The molecule has 0 aliphatic heterocycles. The zero-order valence-electron chi connectivity index (χ0n) is 75.3. The van der Waals surface area contributed by atoms with Gasteiger partial charge in [-0.1, -0.05) is 265 Å². The number of H-pyrrole nitrogens is 1. The molecule has 0 atom stereocenters. The Kier molecular flexibility index (Phi) is 49.7. The summed E-state index contributed by atoms with van der Waals surface area (Å²) in [6, 6.07) is 46.8. The number of primary amides is 1. The second-order valence-corrected chi connectivity index (χ2v) is 33.9. The molecule has 0 spiro atoms. The van der Waals surface area contributed by atoms with Crippen molar-refractivity contribution >= 4 is 52.3 Å². The summed E-state index contributed by atoms with van der Waals surface area (Å²) < 4.78 is 105. The number of aromatic nitrogens is 4. The predicted molar refractivity (Wildman–Crippen MR) is 491 cm³/mol. The Morgan fingerprint density at radius 1 is 0.418 bits per heavy atom. The number of phenols is 4. The van der Waals surface area contributed by atoms with Gasteiger partial charge in [-0.3, -0.25) is 14.5 Å². The van der Waals surface area contributed by atoms with Gasteiger partial charge in [0.05, 0.1) is 26.3 Å². The molecule has 8 aromatic carbocycles. The Morgan fingerprint density at radius 2 is 0.877 bits per heavy atom. The molecule has 11 aromatic rings. The lowest BCUT2D eigenvalue weighted by molar-refractivity contribution is -0.274.